The van der Waals surface area contributed by atoms with Gasteiger partial charge in [0.1, 0.15) is 11.6 Å². The second-order valence-corrected chi connectivity index (χ2v) is 6.18. The standard InChI is InChI=1S/C15H22N2O3/c1-14(2,3)11(12(18)19)17-13(20)15(4,16)10-8-6-5-7-9-10/h5-9,11H,16H2,1-4H3,(H,17,20)(H,18,19). The Morgan fingerprint density at radius 2 is 1.65 bits per heavy atom. The van der Waals surface area contributed by atoms with Gasteiger partial charge in [0.25, 0.3) is 0 Å². The number of hydrogen-bond acceptors (Lipinski definition) is 3. The van der Waals surface area contributed by atoms with Gasteiger partial charge in [-0.2, -0.15) is 0 Å². The number of hydrogen-bond donors (Lipinski definition) is 3. The van der Waals surface area contributed by atoms with E-state index in [-0.39, 0.29) is 0 Å². The highest BCUT2D eigenvalue weighted by Gasteiger charge is 2.38. The summed E-state index contributed by atoms with van der Waals surface area (Å²) in [4.78, 5) is 23.6. The Kier molecular flexibility index (Phi) is 4.55. The molecule has 0 fully saturated rings. The highest BCUT2D eigenvalue weighted by molar-refractivity contribution is 5.90. The van der Waals surface area contributed by atoms with E-state index >= 15 is 0 Å². The summed E-state index contributed by atoms with van der Waals surface area (Å²) in [5, 5.41) is 11.8. The molecule has 0 saturated heterocycles. The van der Waals surface area contributed by atoms with E-state index in [2.05, 4.69) is 5.32 Å². The summed E-state index contributed by atoms with van der Waals surface area (Å²) in [6.45, 7) is 6.83. The van der Waals surface area contributed by atoms with Crippen LogP contribution in [0.1, 0.15) is 33.3 Å². The number of aliphatic carboxylic acids is 1. The number of benzene rings is 1. The van der Waals surface area contributed by atoms with Crippen molar-refractivity contribution < 1.29 is 14.7 Å². The van der Waals surface area contributed by atoms with Crippen LogP contribution in [0.15, 0.2) is 30.3 Å². The Hall–Kier alpha value is -1.88. The van der Waals surface area contributed by atoms with Gasteiger partial charge in [-0.3, -0.25) is 4.79 Å². The van der Waals surface area contributed by atoms with Gasteiger partial charge in [0.15, 0.2) is 0 Å². The number of amides is 1. The number of carbonyl (C=O) groups is 2. The maximum absolute atomic E-state index is 12.3. The third-order valence-electron chi connectivity index (χ3n) is 3.23. The molecule has 0 heterocycles. The molecule has 0 aliphatic carbocycles. The van der Waals surface area contributed by atoms with E-state index in [1.54, 1.807) is 52.0 Å². The topological polar surface area (TPSA) is 92.4 Å². The lowest BCUT2D eigenvalue weighted by Gasteiger charge is -2.32. The summed E-state index contributed by atoms with van der Waals surface area (Å²) in [6.07, 6.45) is 0. The van der Waals surface area contributed by atoms with Crippen molar-refractivity contribution in [3.8, 4) is 0 Å². The number of nitrogens with two attached hydrogens (primary N) is 1. The van der Waals surface area contributed by atoms with E-state index in [0.29, 0.717) is 5.56 Å². The number of carbonyl (C=O) groups excluding carboxylic acids is 1. The maximum atomic E-state index is 12.3. The molecule has 1 amide bonds. The summed E-state index contributed by atoms with van der Waals surface area (Å²) < 4.78 is 0. The molecule has 0 bridgehead atoms. The van der Waals surface area contributed by atoms with Crippen LogP contribution in [0.4, 0.5) is 0 Å². The molecule has 4 N–H and O–H groups in total. The molecule has 0 aliphatic heterocycles. The van der Waals surface area contributed by atoms with Gasteiger partial charge in [-0.1, -0.05) is 51.1 Å². The molecule has 1 aromatic carbocycles. The molecule has 2 atom stereocenters. The van der Waals surface area contributed by atoms with Crippen molar-refractivity contribution in [2.45, 2.75) is 39.3 Å². The van der Waals surface area contributed by atoms with Gasteiger partial charge in [0.2, 0.25) is 5.91 Å². The average Bonchev–Trinajstić information content (AvgIpc) is 2.34. The second-order valence-electron chi connectivity index (χ2n) is 6.18. The van der Waals surface area contributed by atoms with E-state index in [9.17, 15) is 14.7 Å². The van der Waals surface area contributed by atoms with Crippen LogP contribution in [0, 0.1) is 5.41 Å². The number of nitrogens with one attached hydrogen (secondary N) is 1. The van der Waals surface area contributed by atoms with Crippen LogP contribution in [0.3, 0.4) is 0 Å². The largest absolute Gasteiger partial charge is 0.480 e. The van der Waals surface area contributed by atoms with Gasteiger partial charge >= 0.3 is 5.97 Å². The predicted octanol–water partition coefficient (Wildman–Crippen LogP) is 1.48. The Morgan fingerprint density at radius 1 is 1.15 bits per heavy atom. The lowest BCUT2D eigenvalue weighted by Crippen LogP contribution is -2.57. The highest BCUT2D eigenvalue weighted by Crippen LogP contribution is 2.22. The van der Waals surface area contributed by atoms with E-state index in [0.717, 1.165) is 0 Å². The smallest absolute Gasteiger partial charge is 0.326 e. The molecule has 2 unspecified atom stereocenters. The highest BCUT2D eigenvalue weighted by atomic mass is 16.4. The zero-order chi connectivity index (χ0) is 15.6. The molecule has 110 valence electrons. The first-order valence-corrected chi connectivity index (χ1v) is 6.45. The van der Waals surface area contributed by atoms with E-state index in [1.807, 2.05) is 6.07 Å². The average molecular weight is 278 g/mol. The van der Waals surface area contributed by atoms with E-state index < -0.39 is 28.9 Å². The van der Waals surface area contributed by atoms with Gasteiger partial charge in [-0.15, -0.1) is 0 Å². The molecule has 1 aromatic rings. The summed E-state index contributed by atoms with van der Waals surface area (Å²) in [5.74, 6) is -1.58. The van der Waals surface area contributed by atoms with Gasteiger partial charge in [0.05, 0.1) is 0 Å². The SMILES string of the molecule is CC(N)(C(=O)NC(C(=O)O)C(C)(C)C)c1ccccc1. The molecule has 0 saturated carbocycles. The molecule has 1 rings (SSSR count). The third-order valence-corrected chi connectivity index (χ3v) is 3.23. The second kappa shape index (κ2) is 5.63. The molecule has 0 spiro atoms. The van der Waals surface area contributed by atoms with Crippen LogP contribution in [-0.2, 0) is 15.1 Å². The third kappa shape index (κ3) is 3.57. The first-order chi connectivity index (χ1) is 9.06. The molecule has 20 heavy (non-hydrogen) atoms. The summed E-state index contributed by atoms with van der Waals surface area (Å²) in [5.41, 5.74) is 4.82. The fourth-order valence-corrected chi connectivity index (χ4v) is 1.85. The monoisotopic (exact) mass is 278 g/mol. The number of carboxylic acid groups (broad SMARTS) is 1. The summed E-state index contributed by atoms with van der Waals surface area (Å²) in [6, 6.07) is 7.88. The van der Waals surface area contributed by atoms with E-state index in [4.69, 9.17) is 5.73 Å². The minimum Gasteiger partial charge on any atom is -0.480 e. The molecular weight excluding hydrogens is 256 g/mol. The van der Waals surface area contributed by atoms with Gasteiger partial charge in [0, 0.05) is 0 Å². The van der Waals surface area contributed by atoms with Crippen molar-refractivity contribution >= 4 is 11.9 Å². The van der Waals surface area contributed by atoms with Gasteiger partial charge < -0.3 is 16.2 Å². The quantitative estimate of drug-likeness (QED) is 0.777. The molecule has 5 heteroatoms. The molecule has 0 radical (unpaired) electrons. The van der Waals surface area contributed by atoms with Crippen LogP contribution in [0.5, 0.6) is 0 Å². The predicted molar refractivity (Wildman–Crippen MR) is 77.0 cm³/mol. The molecule has 5 nitrogen and oxygen atoms in total. The van der Waals surface area contributed by atoms with Crippen LogP contribution < -0.4 is 11.1 Å². The van der Waals surface area contributed by atoms with Crippen molar-refractivity contribution in [3.05, 3.63) is 35.9 Å². The van der Waals surface area contributed by atoms with Crippen molar-refractivity contribution in [2.24, 2.45) is 11.1 Å². The van der Waals surface area contributed by atoms with Crippen LogP contribution in [0.25, 0.3) is 0 Å². The number of rotatable bonds is 4. The zero-order valence-electron chi connectivity index (χ0n) is 12.3. The van der Waals surface area contributed by atoms with Crippen molar-refractivity contribution in [2.75, 3.05) is 0 Å². The van der Waals surface area contributed by atoms with Crippen LogP contribution in [0.2, 0.25) is 0 Å². The van der Waals surface area contributed by atoms with Crippen molar-refractivity contribution in [3.63, 3.8) is 0 Å². The first kappa shape index (κ1) is 16.2. The molecular formula is C15H22N2O3. The van der Waals surface area contributed by atoms with E-state index in [1.165, 1.54) is 0 Å². The Balaban J connectivity index is 2.98. The number of carboxylic acids is 1. The minimum atomic E-state index is -1.28. The lowest BCUT2D eigenvalue weighted by atomic mass is 9.85. The fraction of sp³-hybridized carbons (Fsp3) is 0.467. The van der Waals surface area contributed by atoms with Gasteiger partial charge in [-0.05, 0) is 17.9 Å². The minimum absolute atomic E-state index is 0.508. The maximum Gasteiger partial charge on any atom is 0.326 e. The first-order valence-electron chi connectivity index (χ1n) is 6.45. The summed E-state index contributed by atoms with van der Waals surface area (Å²) >= 11 is 0. The zero-order valence-corrected chi connectivity index (χ0v) is 12.3. The fourth-order valence-electron chi connectivity index (χ4n) is 1.85. The lowest BCUT2D eigenvalue weighted by molar-refractivity contribution is -0.145. The molecule has 0 aliphatic rings. The van der Waals surface area contributed by atoms with Crippen molar-refractivity contribution in [1.82, 2.24) is 5.32 Å². The Morgan fingerprint density at radius 3 is 2.05 bits per heavy atom. The van der Waals surface area contributed by atoms with Crippen LogP contribution in [-0.4, -0.2) is 23.0 Å². The normalized spacial score (nSPS) is 16.1. The van der Waals surface area contributed by atoms with Crippen LogP contribution >= 0.6 is 0 Å². The van der Waals surface area contributed by atoms with Crippen molar-refractivity contribution in [1.29, 1.82) is 0 Å². The Bertz CT molecular complexity index is 490. The summed E-state index contributed by atoms with van der Waals surface area (Å²) in [7, 11) is 0. The molecule has 0 aromatic heterocycles. The van der Waals surface area contributed by atoms with Gasteiger partial charge in [-0.25, -0.2) is 4.79 Å². The Labute approximate surface area is 119 Å².